The van der Waals surface area contributed by atoms with Crippen molar-refractivity contribution >= 4 is 17.4 Å². The van der Waals surface area contributed by atoms with Crippen LogP contribution in [0.4, 0.5) is 0 Å². The van der Waals surface area contributed by atoms with Crippen molar-refractivity contribution in [1.29, 1.82) is 0 Å². The third-order valence-corrected chi connectivity index (χ3v) is 2.66. The lowest BCUT2D eigenvalue weighted by molar-refractivity contribution is 0.0382. The van der Waals surface area contributed by atoms with Crippen LogP contribution in [0.1, 0.15) is 16.8 Å². The van der Waals surface area contributed by atoms with Crippen LogP contribution in [0.3, 0.4) is 0 Å². The first kappa shape index (κ1) is 16.1. The van der Waals surface area contributed by atoms with Gasteiger partial charge in [-0.1, -0.05) is 11.6 Å². The lowest BCUT2D eigenvalue weighted by Gasteiger charge is -2.05. The number of hydrogen-bond acceptors (Lipinski definition) is 4. The molecule has 0 heterocycles. The summed E-state index contributed by atoms with van der Waals surface area (Å²) in [5.74, 6) is -0.0592. The highest BCUT2D eigenvalue weighted by molar-refractivity contribution is 6.30. The normalized spacial score (nSPS) is 10.6. The summed E-state index contributed by atoms with van der Waals surface area (Å²) in [6.45, 7) is 2.28. The fourth-order valence-electron chi connectivity index (χ4n) is 1.41. The summed E-state index contributed by atoms with van der Waals surface area (Å²) in [6.07, 6.45) is 0.861. The maximum Gasteiger partial charge on any atom is 0.188 e. The summed E-state index contributed by atoms with van der Waals surface area (Å²) in [7, 11) is 1.66. The number of hydrogen-bond donors (Lipinski definition) is 0. The molecule has 0 spiro atoms. The number of rotatable bonds is 10. The van der Waals surface area contributed by atoms with Gasteiger partial charge in [0, 0.05) is 30.9 Å². The van der Waals surface area contributed by atoms with Gasteiger partial charge in [0.05, 0.1) is 13.2 Å². The maximum absolute atomic E-state index is 11.7. The Morgan fingerprint density at radius 3 is 2.42 bits per heavy atom. The van der Waals surface area contributed by atoms with Crippen LogP contribution in [0.5, 0.6) is 0 Å². The van der Waals surface area contributed by atoms with Gasteiger partial charge in [0.25, 0.3) is 0 Å². The number of carbonyl (C=O) groups excluding carboxylic acids is 1. The Morgan fingerprint density at radius 2 is 1.74 bits per heavy atom. The molecule has 0 saturated carbocycles. The zero-order valence-electron chi connectivity index (χ0n) is 11.1. The Hall–Kier alpha value is -0.940. The van der Waals surface area contributed by atoms with E-state index < -0.39 is 0 Å². The standard InChI is InChI=1S/C14H19ClO4/c1-17-7-2-8-18-9-10-19-11-14(16)12-3-5-13(15)6-4-12/h3-6H,2,7-11H2,1H3. The molecule has 0 atom stereocenters. The molecule has 1 aromatic rings. The Kier molecular flexibility index (Phi) is 8.41. The molecular formula is C14H19ClO4. The summed E-state index contributed by atoms with van der Waals surface area (Å²) < 4.78 is 15.4. The minimum Gasteiger partial charge on any atom is -0.385 e. The number of Topliss-reactive ketones (excluding diaryl/α,β-unsaturated/α-hetero) is 1. The highest BCUT2D eigenvalue weighted by atomic mass is 35.5. The quantitative estimate of drug-likeness (QED) is 0.490. The SMILES string of the molecule is COCCCOCCOCC(=O)c1ccc(Cl)cc1. The van der Waals surface area contributed by atoms with Gasteiger partial charge in [0.15, 0.2) is 5.78 Å². The van der Waals surface area contributed by atoms with Crippen molar-refractivity contribution in [3.8, 4) is 0 Å². The van der Waals surface area contributed by atoms with Crippen molar-refractivity contribution in [2.24, 2.45) is 0 Å². The predicted molar refractivity (Wildman–Crippen MR) is 73.9 cm³/mol. The largest absolute Gasteiger partial charge is 0.385 e. The second-order valence-corrected chi connectivity index (χ2v) is 4.38. The molecular weight excluding hydrogens is 268 g/mol. The fourth-order valence-corrected chi connectivity index (χ4v) is 1.54. The molecule has 19 heavy (non-hydrogen) atoms. The molecule has 4 nitrogen and oxygen atoms in total. The third-order valence-electron chi connectivity index (χ3n) is 2.41. The second-order valence-electron chi connectivity index (χ2n) is 3.94. The summed E-state index contributed by atoms with van der Waals surface area (Å²) in [5, 5.41) is 0.613. The second kappa shape index (κ2) is 9.92. The highest BCUT2D eigenvalue weighted by Gasteiger charge is 2.05. The molecule has 0 aliphatic heterocycles. The summed E-state index contributed by atoms with van der Waals surface area (Å²) >= 11 is 5.75. The van der Waals surface area contributed by atoms with E-state index in [1.807, 2.05) is 0 Å². The zero-order chi connectivity index (χ0) is 13.9. The van der Waals surface area contributed by atoms with Crippen LogP contribution in [-0.4, -0.2) is 45.9 Å². The minimum absolute atomic E-state index is 0.0586. The predicted octanol–water partition coefficient (Wildman–Crippen LogP) is 2.59. The Balaban J connectivity index is 2.06. The molecule has 0 aliphatic carbocycles. The number of carbonyl (C=O) groups is 1. The molecule has 1 aromatic carbocycles. The van der Waals surface area contributed by atoms with Crippen molar-refractivity contribution in [2.45, 2.75) is 6.42 Å². The van der Waals surface area contributed by atoms with Crippen LogP contribution in [0.25, 0.3) is 0 Å². The van der Waals surface area contributed by atoms with Crippen molar-refractivity contribution in [2.75, 3.05) is 40.1 Å². The van der Waals surface area contributed by atoms with Crippen LogP contribution in [0.15, 0.2) is 24.3 Å². The van der Waals surface area contributed by atoms with Crippen LogP contribution < -0.4 is 0 Å². The molecule has 0 aromatic heterocycles. The summed E-state index contributed by atoms with van der Waals surface area (Å²) in [5.41, 5.74) is 0.602. The topological polar surface area (TPSA) is 44.8 Å². The number of benzene rings is 1. The number of halogens is 1. The van der Waals surface area contributed by atoms with Crippen LogP contribution in [0, 0.1) is 0 Å². The van der Waals surface area contributed by atoms with E-state index in [-0.39, 0.29) is 12.4 Å². The monoisotopic (exact) mass is 286 g/mol. The lowest BCUT2D eigenvalue weighted by Crippen LogP contribution is -2.13. The van der Waals surface area contributed by atoms with E-state index >= 15 is 0 Å². The van der Waals surface area contributed by atoms with Crippen molar-refractivity contribution < 1.29 is 19.0 Å². The van der Waals surface area contributed by atoms with Gasteiger partial charge in [0.1, 0.15) is 6.61 Å². The van der Waals surface area contributed by atoms with E-state index in [4.69, 9.17) is 25.8 Å². The molecule has 0 N–H and O–H groups in total. The number of ketones is 1. The van der Waals surface area contributed by atoms with Crippen LogP contribution in [-0.2, 0) is 14.2 Å². The van der Waals surface area contributed by atoms with Gasteiger partial charge in [-0.3, -0.25) is 4.79 Å². The van der Waals surface area contributed by atoms with E-state index in [0.717, 1.165) is 6.42 Å². The molecule has 5 heteroatoms. The first-order chi connectivity index (χ1) is 9.24. The molecule has 0 aliphatic rings. The Morgan fingerprint density at radius 1 is 1.05 bits per heavy atom. The van der Waals surface area contributed by atoms with Crippen molar-refractivity contribution in [3.63, 3.8) is 0 Å². The van der Waals surface area contributed by atoms with E-state index in [9.17, 15) is 4.79 Å². The van der Waals surface area contributed by atoms with E-state index in [1.54, 1.807) is 31.4 Å². The van der Waals surface area contributed by atoms with Crippen molar-refractivity contribution in [1.82, 2.24) is 0 Å². The molecule has 1 rings (SSSR count). The van der Waals surface area contributed by atoms with Gasteiger partial charge in [-0.15, -0.1) is 0 Å². The van der Waals surface area contributed by atoms with Gasteiger partial charge < -0.3 is 14.2 Å². The first-order valence-corrected chi connectivity index (χ1v) is 6.55. The van der Waals surface area contributed by atoms with E-state index in [1.165, 1.54) is 0 Å². The van der Waals surface area contributed by atoms with Crippen molar-refractivity contribution in [3.05, 3.63) is 34.9 Å². The molecule has 0 saturated heterocycles. The Bertz CT molecular complexity index is 364. The number of methoxy groups -OCH3 is 1. The number of ether oxygens (including phenoxy) is 3. The van der Waals surface area contributed by atoms with Crippen LogP contribution >= 0.6 is 11.6 Å². The fraction of sp³-hybridized carbons (Fsp3) is 0.500. The molecule has 106 valence electrons. The first-order valence-electron chi connectivity index (χ1n) is 6.17. The average Bonchev–Trinajstić information content (AvgIpc) is 2.42. The zero-order valence-corrected chi connectivity index (χ0v) is 11.8. The molecule has 0 bridgehead atoms. The average molecular weight is 287 g/mol. The van der Waals surface area contributed by atoms with Gasteiger partial charge in [-0.25, -0.2) is 0 Å². The van der Waals surface area contributed by atoms with Gasteiger partial charge in [0.2, 0.25) is 0 Å². The minimum atomic E-state index is -0.0592. The van der Waals surface area contributed by atoms with E-state index in [2.05, 4.69) is 0 Å². The smallest absolute Gasteiger partial charge is 0.188 e. The van der Waals surface area contributed by atoms with E-state index in [0.29, 0.717) is 37.0 Å². The van der Waals surface area contributed by atoms with Gasteiger partial charge >= 0.3 is 0 Å². The third kappa shape index (κ3) is 7.28. The molecule has 0 radical (unpaired) electrons. The summed E-state index contributed by atoms with van der Waals surface area (Å²) in [4.78, 5) is 11.7. The molecule has 0 amide bonds. The Labute approximate surface area is 118 Å². The molecule has 0 fully saturated rings. The maximum atomic E-state index is 11.7. The lowest BCUT2D eigenvalue weighted by atomic mass is 10.1. The van der Waals surface area contributed by atoms with Gasteiger partial charge in [-0.2, -0.15) is 0 Å². The highest BCUT2D eigenvalue weighted by Crippen LogP contribution is 2.09. The van der Waals surface area contributed by atoms with Crippen LogP contribution in [0.2, 0.25) is 5.02 Å². The van der Waals surface area contributed by atoms with Gasteiger partial charge in [-0.05, 0) is 30.7 Å². The summed E-state index contributed by atoms with van der Waals surface area (Å²) in [6, 6.07) is 6.76. The molecule has 0 unspecified atom stereocenters.